The van der Waals surface area contributed by atoms with Crippen molar-refractivity contribution >= 4 is 0 Å². The van der Waals surface area contributed by atoms with Crippen LogP contribution in [0.1, 0.15) is 45.4 Å². The minimum Gasteiger partial charge on any atom is -0.378 e. The van der Waals surface area contributed by atoms with Crippen LogP contribution in [0.3, 0.4) is 0 Å². The zero-order chi connectivity index (χ0) is 9.80. The van der Waals surface area contributed by atoms with Crippen LogP contribution in [-0.4, -0.2) is 25.3 Å². The van der Waals surface area contributed by atoms with Gasteiger partial charge in [0.05, 0.1) is 6.10 Å². The van der Waals surface area contributed by atoms with Crippen LogP contribution in [0.25, 0.3) is 0 Å². The molecule has 1 heterocycles. The second-order valence-corrected chi connectivity index (χ2v) is 4.71. The van der Waals surface area contributed by atoms with Crippen LogP contribution in [0.4, 0.5) is 0 Å². The van der Waals surface area contributed by atoms with Gasteiger partial charge in [0, 0.05) is 12.6 Å². The van der Waals surface area contributed by atoms with Gasteiger partial charge in [-0.05, 0) is 51.0 Å². The Labute approximate surface area is 87.4 Å². The third-order valence-electron chi connectivity index (χ3n) is 3.48. The van der Waals surface area contributed by atoms with Gasteiger partial charge in [0.2, 0.25) is 0 Å². The average molecular weight is 197 g/mol. The van der Waals surface area contributed by atoms with Gasteiger partial charge < -0.3 is 10.1 Å². The fourth-order valence-corrected chi connectivity index (χ4v) is 2.50. The summed E-state index contributed by atoms with van der Waals surface area (Å²) in [5, 5.41) is 3.61. The van der Waals surface area contributed by atoms with Crippen molar-refractivity contribution in [3.8, 4) is 0 Å². The molecule has 0 spiro atoms. The van der Waals surface area contributed by atoms with E-state index in [0.717, 1.165) is 25.1 Å². The van der Waals surface area contributed by atoms with E-state index in [1.54, 1.807) is 0 Å². The molecular weight excluding hydrogens is 174 g/mol. The molecule has 14 heavy (non-hydrogen) atoms. The Kier molecular flexibility index (Phi) is 3.82. The maximum atomic E-state index is 5.65. The highest BCUT2D eigenvalue weighted by Crippen LogP contribution is 2.35. The summed E-state index contributed by atoms with van der Waals surface area (Å²) in [6.45, 7) is 4.33. The Morgan fingerprint density at radius 2 is 2.21 bits per heavy atom. The summed E-state index contributed by atoms with van der Waals surface area (Å²) in [6.07, 6.45) is 8.64. The predicted octanol–water partition coefficient (Wildman–Crippen LogP) is 2.33. The first-order valence-electron chi connectivity index (χ1n) is 6.25. The van der Waals surface area contributed by atoms with Gasteiger partial charge in [-0.15, -0.1) is 0 Å². The van der Waals surface area contributed by atoms with E-state index in [9.17, 15) is 0 Å². The van der Waals surface area contributed by atoms with Crippen molar-refractivity contribution in [3.63, 3.8) is 0 Å². The van der Waals surface area contributed by atoms with Gasteiger partial charge in [0.25, 0.3) is 0 Å². The van der Waals surface area contributed by atoms with E-state index in [4.69, 9.17) is 4.74 Å². The van der Waals surface area contributed by atoms with Crippen LogP contribution in [0.5, 0.6) is 0 Å². The fraction of sp³-hybridized carbons (Fsp3) is 1.00. The molecule has 1 aliphatic heterocycles. The second kappa shape index (κ2) is 5.13. The molecule has 0 amide bonds. The summed E-state index contributed by atoms with van der Waals surface area (Å²) < 4.78 is 5.65. The highest BCUT2D eigenvalue weighted by molar-refractivity contribution is 4.86. The fourth-order valence-electron chi connectivity index (χ4n) is 2.50. The monoisotopic (exact) mass is 197 g/mol. The maximum absolute atomic E-state index is 5.65. The first-order chi connectivity index (χ1) is 6.90. The molecule has 0 radical (unpaired) electrons. The van der Waals surface area contributed by atoms with E-state index < -0.39 is 0 Å². The molecule has 2 nitrogen and oxygen atoms in total. The van der Waals surface area contributed by atoms with Gasteiger partial charge in [-0.2, -0.15) is 0 Å². The van der Waals surface area contributed by atoms with Crippen molar-refractivity contribution < 1.29 is 4.74 Å². The molecule has 0 aromatic heterocycles. The highest BCUT2D eigenvalue weighted by atomic mass is 16.5. The summed E-state index contributed by atoms with van der Waals surface area (Å²) in [5.41, 5.74) is 0. The number of hydrogen-bond acceptors (Lipinski definition) is 2. The van der Waals surface area contributed by atoms with Gasteiger partial charge in [-0.3, -0.25) is 0 Å². The molecule has 1 N–H and O–H groups in total. The molecule has 0 bridgehead atoms. The largest absolute Gasteiger partial charge is 0.378 e. The molecule has 1 aliphatic carbocycles. The molecule has 2 heteroatoms. The molecule has 2 rings (SSSR count). The predicted molar refractivity (Wildman–Crippen MR) is 58.4 cm³/mol. The van der Waals surface area contributed by atoms with Crippen LogP contribution in [0.15, 0.2) is 0 Å². The standard InChI is InChI=1S/C12H23NO/c1-2-13-12(10-5-6-10)8-7-11-4-3-9-14-11/h10-13H,2-9H2,1H3. The summed E-state index contributed by atoms with van der Waals surface area (Å²) in [7, 11) is 0. The van der Waals surface area contributed by atoms with Gasteiger partial charge in [0.15, 0.2) is 0 Å². The van der Waals surface area contributed by atoms with Crippen molar-refractivity contribution in [1.82, 2.24) is 5.32 Å². The minimum atomic E-state index is 0.579. The van der Waals surface area contributed by atoms with Gasteiger partial charge in [-0.25, -0.2) is 0 Å². The van der Waals surface area contributed by atoms with Crippen LogP contribution in [0.2, 0.25) is 0 Å². The van der Waals surface area contributed by atoms with E-state index in [1.807, 2.05) is 0 Å². The van der Waals surface area contributed by atoms with Crippen molar-refractivity contribution in [2.24, 2.45) is 5.92 Å². The Bertz CT molecular complexity index is 162. The molecule has 2 fully saturated rings. The van der Waals surface area contributed by atoms with E-state index in [2.05, 4.69) is 12.2 Å². The second-order valence-electron chi connectivity index (χ2n) is 4.71. The smallest absolute Gasteiger partial charge is 0.0576 e. The third kappa shape index (κ3) is 2.96. The molecule has 2 aliphatic rings. The topological polar surface area (TPSA) is 21.3 Å². The molecule has 2 atom stereocenters. The SMILES string of the molecule is CCNC(CCC1CCCO1)C1CC1. The first-order valence-corrected chi connectivity index (χ1v) is 6.25. The quantitative estimate of drug-likeness (QED) is 0.705. The Morgan fingerprint density at radius 3 is 2.79 bits per heavy atom. The molecular formula is C12H23NO. The first kappa shape index (κ1) is 10.4. The van der Waals surface area contributed by atoms with Gasteiger partial charge in [-0.1, -0.05) is 6.92 Å². The van der Waals surface area contributed by atoms with Crippen LogP contribution >= 0.6 is 0 Å². The minimum absolute atomic E-state index is 0.579. The van der Waals surface area contributed by atoms with E-state index in [1.165, 1.54) is 38.5 Å². The van der Waals surface area contributed by atoms with Crippen LogP contribution in [0, 0.1) is 5.92 Å². The summed E-state index contributed by atoms with van der Waals surface area (Å²) in [4.78, 5) is 0. The van der Waals surface area contributed by atoms with Crippen molar-refractivity contribution in [3.05, 3.63) is 0 Å². The lowest BCUT2D eigenvalue weighted by molar-refractivity contribution is 0.0989. The summed E-state index contributed by atoms with van der Waals surface area (Å²) in [6, 6.07) is 0.782. The van der Waals surface area contributed by atoms with Gasteiger partial charge >= 0.3 is 0 Å². The van der Waals surface area contributed by atoms with Crippen LogP contribution in [-0.2, 0) is 4.74 Å². The van der Waals surface area contributed by atoms with E-state index >= 15 is 0 Å². The zero-order valence-electron chi connectivity index (χ0n) is 9.30. The molecule has 0 aromatic rings. The Hall–Kier alpha value is -0.0800. The number of hydrogen-bond donors (Lipinski definition) is 1. The normalized spacial score (nSPS) is 29.4. The molecule has 2 unspecified atom stereocenters. The number of rotatable bonds is 6. The van der Waals surface area contributed by atoms with Crippen molar-refractivity contribution in [2.75, 3.05) is 13.2 Å². The van der Waals surface area contributed by atoms with Crippen molar-refractivity contribution in [1.29, 1.82) is 0 Å². The molecule has 1 saturated heterocycles. The lowest BCUT2D eigenvalue weighted by Crippen LogP contribution is -2.31. The Morgan fingerprint density at radius 1 is 1.36 bits per heavy atom. The maximum Gasteiger partial charge on any atom is 0.0576 e. The lowest BCUT2D eigenvalue weighted by Gasteiger charge is -2.19. The Balaban J connectivity index is 1.65. The average Bonchev–Trinajstić information content (AvgIpc) is 2.90. The van der Waals surface area contributed by atoms with E-state index in [-0.39, 0.29) is 0 Å². The van der Waals surface area contributed by atoms with Crippen LogP contribution < -0.4 is 5.32 Å². The highest BCUT2D eigenvalue weighted by Gasteiger charge is 2.31. The zero-order valence-corrected chi connectivity index (χ0v) is 9.30. The molecule has 82 valence electrons. The van der Waals surface area contributed by atoms with Crippen molar-refractivity contribution in [2.45, 2.75) is 57.6 Å². The third-order valence-corrected chi connectivity index (χ3v) is 3.48. The van der Waals surface area contributed by atoms with E-state index in [0.29, 0.717) is 6.10 Å². The summed E-state index contributed by atoms with van der Waals surface area (Å²) in [5.74, 6) is 0.983. The number of ether oxygens (including phenoxy) is 1. The molecule has 0 aromatic carbocycles. The lowest BCUT2D eigenvalue weighted by atomic mass is 10.0. The van der Waals surface area contributed by atoms with Gasteiger partial charge in [0.1, 0.15) is 0 Å². The number of nitrogens with one attached hydrogen (secondary N) is 1. The summed E-state index contributed by atoms with van der Waals surface area (Å²) >= 11 is 0. The molecule has 1 saturated carbocycles.